The van der Waals surface area contributed by atoms with Crippen LogP contribution < -0.4 is 20.1 Å². The molecular weight excluding hydrogens is 290 g/mol. The highest BCUT2D eigenvalue weighted by Crippen LogP contribution is 2.50. The first-order valence-corrected chi connectivity index (χ1v) is 8.70. The van der Waals surface area contributed by atoms with Crippen molar-refractivity contribution in [3.05, 3.63) is 23.8 Å². The summed E-state index contributed by atoms with van der Waals surface area (Å²) in [4.78, 5) is 4.81. The summed E-state index contributed by atoms with van der Waals surface area (Å²) in [6.07, 6.45) is 4.72. The van der Waals surface area contributed by atoms with Crippen molar-refractivity contribution in [3.63, 3.8) is 0 Å². The van der Waals surface area contributed by atoms with Gasteiger partial charge in [-0.05, 0) is 43.9 Å². The third kappa shape index (κ3) is 3.71. The highest BCUT2D eigenvalue weighted by Gasteiger charge is 2.44. The minimum atomic E-state index is 0.175. The lowest BCUT2D eigenvalue weighted by molar-refractivity contribution is 0.174. The minimum Gasteiger partial charge on any atom is -0.454 e. The second-order valence-corrected chi connectivity index (χ2v) is 6.32. The highest BCUT2D eigenvalue weighted by atomic mass is 16.7. The van der Waals surface area contributed by atoms with E-state index < -0.39 is 0 Å². The Kier molecular flexibility index (Phi) is 4.94. The average Bonchev–Trinajstić information content (AvgIpc) is 3.21. The van der Waals surface area contributed by atoms with E-state index in [2.05, 4.69) is 36.6 Å². The maximum Gasteiger partial charge on any atom is 0.231 e. The number of benzene rings is 1. The molecule has 1 aliphatic carbocycles. The Morgan fingerprint density at radius 1 is 1.17 bits per heavy atom. The number of guanidine groups is 1. The van der Waals surface area contributed by atoms with Gasteiger partial charge in [-0.1, -0.05) is 19.4 Å². The van der Waals surface area contributed by atoms with Gasteiger partial charge >= 0.3 is 0 Å². The zero-order valence-corrected chi connectivity index (χ0v) is 14.2. The molecule has 1 saturated carbocycles. The number of nitrogens with zero attached hydrogens (tertiary/aromatic N) is 1. The van der Waals surface area contributed by atoms with Crippen LogP contribution in [0.4, 0.5) is 0 Å². The van der Waals surface area contributed by atoms with Crippen molar-refractivity contribution in [1.29, 1.82) is 0 Å². The predicted molar refractivity (Wildman–Crippen MR) is 92.4 cm³/mol. The van der Waals surface area contributed by atoms with E-state index in [1.54, 1.807) is 0 Å². The Labute approximate surface area is 138 Å². The van der Waals surface area contributed by atoms with Gasteiger partial charge in [-0.15, -0.1) is 0 Å². The molecule has 2 N–H and O–H groups in total. The molecular formula is C18H27N3O2. The summed E-state index contributed by atoms with van der Waals surface area (Å²) in [5.74, 6) is 2.64. The SMILES string of the molecule is CCCCNC(=NCC1(c2ccc3c(c2)OCO3)CC1)NCC. The van der Waals surface area contributed by atoms with E-state index in [4.69, 9.17) is 14.5 Å². The summed E-state index contributed by atoms with van der Waals surface area (Å²) >= 11 is 0. The summed E-state index contributed by atoms with van der Waals surface area (Å²) in [5, 5.41) is 6.74. The number of aliphatic imine (C=N–C) groups is 1. The molecule has 0 unspecified atom stereocenters. The lowest BCUT2D eigenvalue weighted by Gasteiger charge is -2.16. The number of hydrogen-bond acceptors (Lipinski definition) is 3. The molecule has 0 spiro atoms. The number of fused-ring (bicyclic) bond motifs is 1. The molecule has 1 fully saturated rings. The zero-order valence-electron chi connectivity index (χ0n) is 14.2. The minimum absolute atomic E-state index is 0.175. The third-order valence-corrected chi connectivity index (χ3v) is 4.55. The molecule has 0 radical (unpaired) electrons. The van der Waals surface area contributed by atoms with E-state index >= 15 is 0 Å². The van der Waals surface area contributed by atoms with Gasteiger partial charge < -0.3 is 20.1 Å². The fourth-order valence-electron chi connectivity index (χ4n) is 2.87. The molecule has 3 rings (SSSR count). The second kappa shape index (κ2) is 7.11. The summed E-state index contributed by atoms with van der Waals surface area (Å²) in [7, 11) is 0. The smallest absolute Gasteiger partial charge is 0.231 e. The van der Waals surface area contributed by atoms with E-state index in [-0.39, 0.29) is 5.41 Å². The van der Waals surface area contributed by atoms with E-state index in [1.165, 1.54) is 24.8 Å². The van der Waals surface area contributed by atoms with E-state index in [9.17, 15) is 0 Å². The molecule has 1 heterocycles. The summed E-state index contributed by atoms with van der Waals surface area (Å²) in [5.41, 5.74) is 1.49. The van der Waals surface area contributed by atoms with Crippen LogP contribution in [0.2, 0.25) is 0 Å². The molecule has 0 atom stereocenters. The molecule has 2 aliphatic rings. The van der Waals surface area contributed by atoms with Gasteiger partial charge in [0.25, 0.3) is 0 Å². The molecule has 5 heteroatoms. The molecule has 23 heavy (non-hydrogen) atoms. The van der Waals surface area contributed by atoms with Crippen LogP contribution >= 0.6 is 0 Å². The van der Waals surface area contributed by atoms with Crippen molar-refractivity contribution >= 4 is 5.96 Å². The van der Waals surface area contributed by atoms with Crippen LogP contribution in [0.3, 0.4) is 0 Å². The Hall–Kier alpha value is -1.91. The van der Waals surface area contributed by atoms with Crippen LogP contribution in [0, 0.1) is 0 Å². The van der Waals surface area contributed by atoms with Crippen molar-refractivity contribution in [2.24, 2.45) is 4.99 Å². The molecule has 1 aromatic rings. The van der Waals surface area contributed by atoms with Gasteiger partial charge in [0, 0.05) is 18.5 Å². The topological polar surface area (TPSA) is 54.9 Å². The lowest BCUT2D eigenvalue weighted by Crippen LogP contribution is -2.38. The molecule has 0 aromatic heterocycles. The fourth-order valence-corrected chi connectivity index (χ4v) is 2.87. The first kappa shape index (κ1) is 16.0. The normalized spacial score (nSPS) is 17.9. The molecule has 1 aliphatic heterocycles. The lowest BCUT2D eigenvalue weighted by atomic mass is 9.96. The van der Waals surface area contributed by atoms with Crippen molar-refractivity contribution in [2.75, 3.05) is 26.4 Å². The van der Waals surface area contributed by atoms with Crippen LogP contribution in [-0.4, -0.2) is 32.4 Å². The first-order valence-electron chi connectivity index (χ1n) is 8.70. The van der Waals surface area contributed by atoms with Gasteiger partial charge in [-0.2, -0.15) is 0 Å². The predicted octanol–water partition coefficient (Wildman–Crippen LogP) is 2.80. The van der Waals surface area contributed by atoms with Crippen molar-refractivity contribution in [1.82, 2.24) is 10.6 Å². The van der Waals surface area contributed by atoms with Gasteiger partial charge in [0.05, 0.1) is 6.54 Å². The van der Waals surface area contributed by atoms with E-state index in [0.29, 0.717) is 6.79 Å². The summed E-state index contributed by atoms with van der Waals surface area (Å²) < 4.78 is 10.9. The molecule has 126 valence electrons. The summed E-state index contributed by atoms with van der Waals surface area (Å²) in [6.45, 7) is 7.30. The number of ether oxygens (including phenoxy) is 2. The van der Waals surface area contributed by atoms with Crippen molar-refractivity contribution in [3.8, 4) is 11.5 Å². The molecule has 5 nitrogen and oxygen atoms in total. The number of rotatable bonds is 7. The monoisotopic (exact) mass is 317 g/mol. The Morgan fingerprint density at radius 3 is 2.74 bits per heavy atom. The van der Waals surface area contributed by atoms with Gasteiger partial charge in [0.15, 0.2) is 17.5 Å². The van der Waals surface area contributed by atoms with E-state index in [0.717, 1.165) is 43.5 Å². The fraction of sp³-hybridized carbons (Fsp3) is 0.611. The zero-order chi connectivity index (χ0) is 16.1. The third-order valence-electron chi connectivity index (χ3n) is 4.55. The van der Waals surface area contributed by atoms with Gasteiger partial charge in [-0.25, -0.2) is 0 Å². The van der Waals surface area contributed by atoms with Crippen LogP contribution in [0.25, 0.3) is 0 Å². The van der Waals surface area contributed by atoms with Crippen LogP contribution in [0.15, 0.2) is 23.2 Å². The Bertz CT molecular complexity index is 567. The largest absolute Gasteiger partial charge is 0.454 e. The van der Waals surface area contributed by atoms with Gasteiger partial charge in [0.1, 0.15) is 0 Å². The maximum atomic E-state index is 5.51. The standard InChI is InChI=1S/C18H27N3O2/c1-3-5-10-20-17(19-4-2)21-12-18(8-9-18)14-6-7-15-16(11-14)23-13-22-15/h6-7,11H,3-5,8-10,12-13H2,1-2H3,(H2,19,20,21). The van der Waals surface area contributed by atoms with Gasteiger partial charge in [0.2, 0.25) is 6.79 Å². The van der Waals surface area contributed by atoms with Crippen LogP contribution in [-0.2, 0) is 5.41 Å². The first-order chi connectivity index (χ1) is 11.3. The maximum absolute atomic E-state index is 5.51. The molecule has 0 saturated heterocycles. The van der Waals surface area contributed by atoms with Crippen LogP contribution in [0.1, 0.15) is 45.1 Å². The van der Waals surface area contributed by atoms with Gasteiger partial charge in [-0.3, -0.25) is 4.99 Å². The Balaban J connectivity index is 1.66. The van der Waals surface area contributed by atoms with Crippen LogP contribution in [0.5, 0.6) is 11.5 Å². The highest BCUT2D eigenvalue weighted by molar-refractivity contribution is 5.79. The van der Waals surface area contributed by atoms with Crippen molar-refractivity contribution in [2.45, 2.75) is 44.9 Å². The second-order valence-electron chi connectivity index (χ2n) is 6.32. The molecule has 0 amide bonds. The van der Waals surface area contributed by atoms with E-state index in [1.807, 2.05) is 6.07 Å². The quantitative estimate of drug-likeness (QED) is 0.461. The summed E-state index contributed by atoms with van der Waals surface area (Å²) in [6, 6.07) is 6.31. The average molecular weight is 317 g/mol. The molecule has 0 bridgehead atoms. The number of hydrogen-bond donors (Lipinski definition) is 2. The molecule has 1 aromatic carbocycles. The number of unbranched alkanes of at least 4 members (excludes halogenated alkanes) is 1. The Morgan fingerprint density at radius 2 is 2.00 bits per heavy atom. The number of nitrogens with one attached hydrogen (secondary N) is 2. The van der Waals surface area contributed by atoms with Crippen molar-refractivity contribution < 1.29 is 9.47 Å².